The van der Waals surface area contributed by atoms with Crippen LogP contribution in [0.4, 0.5) is 0 Å². The third kappa shape index (κ3) is 32.5. The number of rotatable bonds is 51. The van der Waals surface area contributed by atoms with Crippen LogP contribution in [-0.4, -0.2) is 216 Å². The molecule has 32 nitrogen and oxygen atoms in total. The molecule has 2 aliphatic heterocycles. The summed E-state index contributed by atoms with van der Waals surface area (Å²) >= 11 is 6.40. The molecule has 0 radical (unpaired) electrons. The molecule has 13 amide bonds. The fraction of sp³-hybridized carbons (Fsp3) is 0.424. The highest BCUT2D eigenvalue weighted by atomic mass is 35.5. The van der Waals surface area contributed by atoms with E-state index in [-0.39, 0.29) is 102 Å². The van der Waals surface area contributed by atoms with Gasteiger partial charge in [-0.25, -0.2) is 0 Å². The van der Waals surface area contributed by atoms with Crippen molar-refractivity contribution in [3.63, 3.8) is 0 Å². The molecule has 10 rings (SSSR count). The summed E-state index contributed by atoms with van der Waals surface area (Å²) in [5.41, 5.74) is 9.53. The Morgan fingerprint density at radius 1 is 0.508 bits per heavy atom. The second-order valence-corrected chi connectivity index (χ2v) is 34.6. The summed E-state index contributed by atoms with van der Waals surface area (Å²) in [6, 6.07) is 38.0. The molecule has 2 saturated heterocycles. The van der Waals surface area contributed by atoms with E-state index in [9.17, 15) is 28.8 Å². The number of unbranched alkanes of at least 4 members (excludes halogenated alkanes) is 2. The quantitative estimate of drug-likeness (QED) is 0.0177. The lowest BCUT2D eigenvalue weighted by Gasteiger charge is -2.33. The van der Waals surface area contributed by atoms with E-state index in [1.807, 2.05) is 107 Å². The Bertz CT molecular complexity index is 5140. The number of nitrogens with two attached hydrogens (primary N) is 1. The van der Waals surface area contributed by atoms with Gasteiger partial charge in [0.05, 0.1) is 25.3 Å². The monoisotopic (exact) mass is 1830 g/mol. The van der Waals surface area contributed by atoms with Crippen LogP contribution in [0.2, 0.25) is 5.02 Å². The molecule has 2 aromatic heterocycles. The number of carbonyl (C=O) groups excluding carboxylic acids is 13. The van der Waals surface area contributed by atoms with Gasteiger partial charge in [0.1, 0.15) is 78.9 Å². The maximum Gasteiger partial charge on any atom is 0.252 e. The number of hydrogen-bond donors (Lipinski definition) is 12. The Labute approximate surface area is 775 Å². The van der Waals surface area contributed by atoms with Crippen LogP contribution in [0.5, 0.6) is 5.75 Å². The summed E-state index contributed by atoms with van der Waals surface area (Å²) in [6.07, 6.45) is 7.91. The fourth-order valence-electron chi connectivity index (χ4n) is 15.6. The molecule has 702 valence electrons. The van der Waals surface area contributed by atoms with Crippen molar-refractivity contribution in [1.82, 2.24) is 78.3 Å². The van der Waals surface area contributed by atoms with Crippen molar-refractivity contribution in [1.29, 1.82) is 0 Å². The summed E-state index contributed by atoms with van der Waals surface area (Å²) in [5.74, 6) is -9.23. The zero-order valence-corrected chi connectivity index (χ0v) is 76.4. The SMILES string of the molecule is CC(C)C[C@H](NC(=O)[C@@H](CCCCNC(=O)c1cccnc1)NC(=O)[C@H](Cc1ccc(OCc2ccccc2)cc1)N(C)C(=O)[C@H](COCc1ccccc1)NC(=O)[C@@H](Cc1cccnc1)NC(=O)[C@@H](Cc1ccc(Cl)cc1)NC(=O)[C@@H](Cc1ccc2ccccc2c1)NC(=O)CNC(=O)C1CCCO1)C(=O)N[C@@H](CCCCNC(C)C)C(=O)N1CCC[C@H]1C(=O)N[C@H](C)C(N)=O. The minimum atomic E-state index is -1.68. The topological polar surface area (TPSA) is 440 Å². The van der Waals surface area contributed by atoms with Crippen molar-refractivity contribution in [2.75, 3.05) is 46.4 Å². The highest BCUT2D eigenvalue weighted by molar-refractivity contribution is 6.30. The Balaban J connectivity index is 0.971. The zero-order valence-electron chi connectivity index (χ0n) is 75.6. The lowest BCUT2D eigenvalue weighted by atomic mass is 9.99. The third-order valence-electron chi connectivity index (χ3n) is 22.9. The molecule has 2 aliphatic rings. The molecule has 2 fully saturated rings. The fourth-order valence-corrected chi connectivity index (χ4v) is 15.7. The van der Waals surface area contributed by atoms with Gasteiger partial charge in [0, 0.05) is 88.3 Å². The molecule has 132 heavy (non-hydrogen) atoms. The number of fused-ring (bicyclic) bond motifs is 1. The Hall–Kier alpha value is -13.0. The van der Waals surface area contributed by atoms with Crippen LogP contribution in [0.3, 0.4) is 0 Å². The van der Waals surface area contributed by atoms with E-state index in [0.29, 0.717) is 89.4 Å². The lowest BCUT2D eigenvalue weighted by Crippen LogP contribution is -2.62. The van der Waals surface area contributed by atoms with Crippen molar-refractivity contribution >= 4 is 99.2 Å². The molecule has 11 atom stereocenters. The summed E-state index contributed by atoms with van der Waals surface area (Å²) in [4.78, 5) is 202. The largest absolute Gasteiger partial charge is 0.489 e. The molecular weight excluding hydrogens is 1700 g/mol. The van der Waals surface area contributed by atoms with E-state index in [1.54, 1.807) is 97.1 Å². The summed E-state index contributed by atoms with van der Waals surface area (Å²) in [5, 5.41) is 33.8. The Morgan fingerprint density at radius 2 is 1.06 bits per heavy atom. The number of hydrogen-bond acceptors (Lipinski definition) is 19. The average molecular weight is 1830 g/mol. The molecule has 0 aliphatic carbocycles. The molecule has 13 N–H and O–H groups in total. The average Bonchev–Trinajstić information content (AvgIpc) is 1.65. The van der Waals surface area contributed by atoms with Crippen LogP contribution in [-0.2, 0) is 106 Å². The summed E-state index contributed by atoms with van der Waals surface area (Å²) in [6.45, 7) is 9.50. The van der Waals surface area contributed by atoms with Crippen LogP contribution < -0.4 is 69.0 Å². The number of aromatic nitrogens is 2. The second-order valence-electron chi connectivity index (χ2n) is 34.1. The Kier molecular flexibility index (Phi) is 39.9. The number of pyridine rings is 2. The molecule has 6 aromatic carbocycles. The number of likely N-dealkylation sites (tertiary alicyclic amines) is 1. The van der Waals surface area contributed by atoms with Crippen LogP contribution in [0.1, 0.15) is 149 Å². The predicted octanol–water partition coefficient (Wildman–Crippen LogP) is 6.66. The standard InChI is InChI=1S/C99H123ClN16O16/c1-63(2)51-79(91(121)110-78(32-16-17-47-104-64(3)4)99(129)116-49-21-33-84(116)95(125)107-65(5)88(101)118)111-90(120)77(31-15-18-48-105-89(119)74-30-20-46-103-58-74)109-96(126)85(56-67-38-43-76(44-39-67)132-61-69-25-11-8-12-26-69)115(6)98(128)83(62-130-60-68-23-9-7-10-24-68)114-94(124)82(55-71-27-19-45-102-57-71)113-93(123)81(53-66-36-41-75(100)42-37-66)112-92(122)80(54-70-35-40-72-28-13-14-29-73(72)52-70)108-87(117)59-106-97(127)86-34-22-50-131-86/h7-14,19-20,23-30,35-46,52,57-58,63-65,77-86,104H,15-18,21-22,31-34,47-51,53-56,59-62H2,1-6H3,(H2,101,118)(H,105,119)(H,106,127)(H,107,125)(H,108,117)(H,109,126)(H,110,121)(H,111,120)(H,112,122)(H,113,123)(H,114,124)/t65-,77-,78+,79+,80-,81-,82-,83+,84+,85+,86?/m1/s1. The van der Waals surface area contributed by atoms with Gasteiger partial charge in [-0.3, -0.25) is 72.3 Å². The lowest BCUT2D eigenvalue weighted by molar-refractivity contribution is -0.144. The maximum atomic E-state index is 16.2. The first-order chi connectivity index (χ1) is 63.6. The number of amides is 13. The van der Waals surface area contributed by atoms with Gasteiger partial charge in [-0.15, -0.1) is 0 Å². The van der Waals surface area contributed by atoms with Crippen molar-refractivity contribution in [2.45, 2.75) is 217 Å². The zero-order chi connectivity index (χ0) is 94.4. The van der Waals surface area contributed by atoms with Gasteiger partial charge in [-0.05, 0) is 177 Å². The minimum Gasteiger partial charge on any atom is -0.489 e. The first kappa shape index (κ1) is 101. The van der Waals surface area contributed by atoms with Crippen molar-refractivity contribution in [3.05, 3.63) is 245 Å². The third-order valence-corrected chi connectivity index (χ3v) is 23.1. The maximum absolute atomic E-state index is 16.2. The predicted molar refractivity (Wildman–Crippen MR) is 498 cm³/mol. The second kappa shape index (κ2) is 52.1. The van der Waals surface area contributed by atoms with Crippen LogP contribution in [0, 0.1) is 5.92 Å². The van der Waals surface area contributed by atoms with Crippen molar-refractivity contribution < 1.29 is 76.5 Å². The van der Waals surface area contributed by atoms with Crippen molar-refractivity contribution in [3.8, 4) is 5.75 Å². The number of primary amides is 1. The van der Waals surface area contributed by atoms with Gasteiger partial charge in [0.25, 0.3) is 5.91 Å². The molecule has 0 spiro atoms. The normalized spacial score (nSPS) is 15.6. The number of nitrogens with one attached hydrogen (secondary N) is 11. The molecule has 0 saturated carbocycles. The van der Waals surface area contributed by atoms with Crippen molar-refractivity contribution in [2.24, 2.45) is 11.7 Å². The van der Waals surface area contributed by atoms with E-state index in [0.717, 1.165) is 21.2 Å². The number of likely N-dealkylation sites (N-methyl/N-ethyl adjacent to an activating group) is 1. The molecule has 1 unspecified atom stereocenters. The van der Waals surface area contributed by atoms with Gasteiger partial charge in [0.15, 0.2) is 0 Å². The highest BCUT2D eigenvalue weighted by Gasteiger charge is 2.42. The van der Waals surface area contributed by atoms with E-state index in [2.05, 4.69) is 68.5 Å². The highest BCUT2D eigenvalue weighted by Crippen LogP contribution is 2.25. The summed E-state index contributed by atoms with van der Waals surface area (Å²) < 4.78 is 18.1. The number of ether oxygens (including phenoxy) is 3. The van der Waals surface area contributed by atoms with Crippen LogP contribution in [0.25, 0.3) is 10.8 Å². The minimum absolute atomic E-state index is 0.0329. The van der Waals surface area contributed by atoms with Gasteiger partial charge < -0.3 is 88.2 Å². The first-order valence-corrected chi connectivity index (χ1v) is 45.6. The molecular formula is C99H123ClN16O16. The molecule has 4 heterocycles. The van der Waals surface area contributed by atoms with E-state index in [1.165, 1.54) is 43.7 Å². The van der Waals surface area contributed by atoms with Gasteiger partial charge in [-0.1, -0.05) is 173 Å². The van der Waals surface area contributed by atoms with E-state index < -0.39 is 156 Å². The smallest absolute Gasteiger partial charge is 0.252 e. The Morgan fingerprint density at radius 3 is 1.70 bits per heavy atom. The van der Waals surface area contributed by atoms with Crippen LogP contribution in [0.15, 0.2) is 201 Å². The van der Waals surface area contributed by atoms with Crippen LogP contribution >= 0.6 is 11.6 Å². The summed E-state index contributed by atoms with van der Waals surface area (Å²) in [7, 11) is 1.36. The van der Waals surface area contributed by atoms with Gasteiger partial charge in [-0.2, -0.15) is 0 Å². The number of halogens is 1. The van der Waals surface area contributed by atoms with E-state index >= 15 is 33.6 Å². The number of benzene rings is 6. The number of nitrogens with zero attached hydrogens (tertiary/aromatic N) is 4. The first-order valence-electron chi connectivity index (χ1n) is 45.2. The van der Waals surface area contributed by atoms with Gasteiger partial charge >= 0.3 is 0 Å². The molecule has 33 heteroatoms. The number of carbonyl (C=O) groups is 13. The van der Waals surface area contributed by atoms with Gasteiger partial charge in [0.2, 0.25) is 70.9 Å². The van der Waals surface area contributed by atoms with E-state index in [4.69, 9.17) is 31.5 Å². The molecule has 8 aromatic rings. The molecule has 0 bridgehead atoms.